The predicted octanol–water partition coefficient (Wildman–Crippen LogP) is 4.13. The molecule has 0 bridgehead atoms. The van der Waals surface area contributed by atoms with E-state index in [1.54, 1.807) is 49.4 Å². The second-order valence-corrected chi connectivity index (χ2v) is 11.2. The highest BCUT2D eigenvalue weighted by Gasteiger charge is 2.32. The molecule has 0 unspecified atom stereocenters. The molecule has 1 atom stereocenters. The van der Waals surface area contributed by atoms with Gasteiger partial charge in [0.15, 0.2) is 0 Å². The van der Waals surface area contributed by atoms with E-state index >= 15 is 0 Å². The van der Waals surface area contributed by atoms with E-state index in [0.717, 1.165) is 17.1 Å². The van der Waals surface area contributed by atoms with Crippen molar-refractivity contribution in [2.75, 3.05) is 24.5 Å². The van der Waals surface area contributed by atoms with Gasteiger partial charge in [-0.25, -0.2) is 8.42 Å². The van der Waals surface area contributed by atoms with E-state index in [4.69, 9.17) is 4.74 Å². The molecule has 0 aliphatic rings. The summed E-state index contributed by atoms with van der Waals surface area (Å²) in [6.45, 7) is 3.39. The number of nitrogens with zero attached hydrogens (tertiary/aromatic N) is 3. The average Bonchev–Trinajstić information content (AvgIpc) is 2.98. The molecule has 0 saturated carbocycles. The number of anilines is 1. The average molecular weight is 583 g/mol. The molecule has 0 fully saturated rings. The van der Waals surface area contributed by atoms with E-state index in [1.165, 1.54) is 48.4 Å². The van der Waals surface area contributed by atoms with Gasteiger partial charge in [0.25, 0.3) is 15.7 Å². The maximum atomic E-state index is 13.9. The Balaban J connectivity index is 2.02. The van der Waals surface area contributed by atoms with Crippen molar-refractivity contribution in [1.29, 1.82) is 0 Å². The van der Waals surface area contributed by atoms with Crippen molar-refractivity contribution in [2.45, 2.75) is 44.2 Å². The fourth-order valence-corrected chi connectivity index (χ4v) is 5.51. The van der Waals surface area contributed by atoms with Gasteiger partial charge in [-0.05, 0) is 55.3 Å². The summed E-state index contributed by atoms with van der Waals surface area (Å²) < 4.78 is 33.7. The predicted molar refractivity (Wildman–Crippen MR) is 155 cm³/mol. The Morgan fingerprint density at radius 3 is 2.32 bits per heavy atom. The van der Waals surface area contributed by atoms with Gasteiger partial charge in [-0.1, -0.05) is 43.7 Å². The van der Waals surface area contributed by atoms with Gasteiger partial charge in [0.2, 0.25) is 11.8 Å². The number of amides is 2. The Bertz CT molecular complexity index is 1450. The largest absolute Gasteiger partial charge is 0.497 e. The van der Waals surface area contributed by atoms with E-state index in [0.29, 0.717) is 17.9 Å². The van der Waals surface area contributed by atoms with Crippen molar-refractivity contribution < 1.29 is 27.7 Å². The Kier molecular flexibility index (Phi) is 10.8. The Labute approximate surface area is 239 Å². The first kappa shape index (κ1) is 31.1. The van der Waals surface area contributed by atoms with Gasteiger partial charge in [0.1, 0.15) is 18.3 Å². The van der Waals surface area contributed by atoms with Crippen molar-refractivity contribution in [1.82, 2.24) is 10.2 Å². The van der Waals surface area contributed by atoms with Crippen LogP contribution in [0.1, 0.15) is 32.3 Å². The highest BCUT2D eigenvalue weighted by atomic mass is 32.2. The number of carbonyl (C=O) groups is 2. The number of nitro groups is 1. The van der Waals surface area contributed by atoms with E-state index < -0.39 is 33.4 Å². The molecule has 12 heteroatoms. The van der Waals surface area contributed by atoms with Crippen LogP contribution in [-0.2, 0) is 26.2 Å². The maximum Gasteiger partial charge on any atom is 0.269 e. The van der Waals surface area contributed by atoms with Crippen molar-refractivity contribution in [2.24, 2.45) is 0 Å². The summed E-state index contributed by atoms with van der Waals surface area (Å²) in [6, 6.07) is 18.6. The van der Waals surface area contributed by atoms with Gasteiger partial charge in [0.05, 0.1) is 22.6 Å². The molecule has 3 rings (SSSR count). The normalized spacial score (nSPS) is 11.8. The number of ether oxygens (including phenoxy) is 1. The molecule has 0 heterocycles. The monoisotopic (exact) mass is 582 g/mol. The lowest BCUT2D eigenvalue weighted by Gasteiger charge is -2.32. The van der Waals surface area contributed by atoms with Crippen molar-refractivity contribution in [3.05, 3.63) is 94.5 Å². The minimum absolute atomic E-state index is 0.0118. The van der Waals surface area contributed by atoms with E-state index in [-0.39, 0.29) is 28.7 Å². The van der Waals surface area contributed by atoms with Crippen LogP contribution in [0.25, 0.3) is 0 Å². The molecule has 3 aromatic rings. The molecular formula is C29H34N4O7S. The zero-order valence-corrected chi connectivity index (χ0v) is 24.0. The molecule has 0 saturated heterocycles. The van der Waals surface area contributed by atoms with Gasteiger partial charge >= 0.3 is 0 Å². The smallest absolute Gasteiger partial charge is 0.269 e. The molecule has 11 nitrogen and oxygen atoms in total. The number of non-ortho nitro benzene ring substituents is 1. The number of hydrogen-bond acceptors (Lipinski definition) is 7. The fourth-order valence-electron chi connectivity index (χ4n) is 4.08. The Morgan fingerprint density at radius 1 is 1.02 bits per heavy atom. The third-order valence-corrected chi connectivity index (χ3v) is 8.23. The lowest BCUT2D eigenvalue weighted by molar-refractivity contribution is -0.384. The molecule has 0 spiro atoms. The van der Waals surface area contributed by atoms with Gasteiger partial charge in [-0.2, -0.15) is 0 Å². The summed E-state index contributed by atoms with van der Waals surface area (Å²) in [7, 11) is -2.75. The lowest BCUT2D eigenvalue weighted by atomic mass is 10.1. The third kappa shape index (κ3) is 8.04. The molecular weight excluding hydrogens is 548 g/mol. The highest BCUT2D eigenvalue weighted by molar-refractivity contribution is 7.92. The summed E-state index contributed by atoms with van der Waals surface area (Å²) in [5.74, 6) is -0.444. The number of hydrogen-bond donors (Lipinski definition) is 1. The minimum Gasteiger partial charge on any atom is -0.497 e. The van der Waals surface area contributed by atoms with E-state index in [9.17, 15) is 28.1 Å². The number of methoxy groups -OCH3 is 1. The number of rotatable bonds is 14. The number of carbonyl (C=O) groups excluding carboxylic acids is 2. The number of sulfonamides is 1. The van der Waals surface area contributed by atoms with Crippen LogP contribution < -0.4 is 14.4 Å². The summed E-state index contributed by atoms with van der Waals surface area (Å²) >= 11 is 0. The number of benzene rings is 3. The maximum absolute atomic E-state index is 13.9. The first-order valence-corrected chi connectivity index (χ1v) is 14.5. The van der Waals surface area contributed by atoms with Crippen molar-refractivity contribution in [3.63, 3.8) is 0 Å². The molecule has 3 aromatic carbocycles. The van der Waals surface area contributed by atoms with Crippen LogP contribution in [0.15, 0.2) is 83.8 Å². The highest BCUT2D eigenvalue weighted by Crippen LogP contribution is 2.26. The van der Waals surface area contributed by atoms with Crippen LogP contribution in [0, 0.1) is 10.1 Å². The molecule has 1 N–H and O–H groups in total. The molecule has 218 valence electrons. The van der Waals surface area contributed by atoms with Crippen LogP contribution in [-0.4, -0.2) is 56.3 Å². The van der Waals surface area contributed by atoms with Crippen molar-refractivity contribution in [3.8, 4) is 5.75 Å². The van der Waals surface area contributed by atoms with Gasteiger partial charge in [-0.15, -0.1) is 0 Å². The summed E-state index contributed by atoms with van der Waals surface area (Å²) in [4.78, 5) is 38.8. The van der Waals surface area contributed by atoms with E-state index in [2.05, 4.69) is 5.32 Å². The Morgan fingerprint density at radius 2 is 1.71 bits per heavy atom. The van der Waals surface area contributed by atoms with Gasteiger partial charge in [-0.3, -0.25) is 24.0 Å². The van der Waals surface area contributed by atoms with Gasteiger partial charge in [0, 0.05) is 25.2 Å². The topological polar surface area (TPSA) is 139 Å². The second-order valence-electron chi connectivity index (χ2n) is 9.29. The van der Waals surface area contributed by atoms with Crippen LogP contribution in [0.2, 0.25) is 0 Å². The van der Waals surface area contributed by atoms with E-state index in [1.807, 2.05) is 6.92 Å². The first-order valence-electron chi connectivity index (χ1n) is 13.1. The van der Waals surface area contributed by atoms with Gasteiger partial charge < -0.3 is 15.0 Å². The molecule has 0 aliphatic heterocycles. The zero-order chi connectivity index (χ0) is 30.0. The zero-order valence-electron chi connectivity index (χ0n) is 23.2. The minimum atomic E-state index is -4.27. The number of unbranched alkanes of at least 4 members (excludes halogenated alkanes) is 1. The second kappa shape index (κ2) is 14.3. The van der Waals surface area contributed by atoms with Crippen LogP contribution in [0.4, 0.5) is 11.4 Å². The van der Waals surface area contributed by atoms with Crippen LogP contribution >= 0.6 is 0 Å². The molecule has 41 heavy (non-hydrogen) atoms. The first-order chi connectivity index (χ1) is 19.6. The quantitative estimate of drug-likeness (QED) is 0.171. The summed E-state index contributed by atoms with van der Waals surface area (Å²) in [5, 5.41) is 14.0. The lowest BCUT2D eigenvalue weighted by Crippen LogP contribution is -2.51. The molecule has 0 aliphatic carbocycles. The summed E-state index contributed by atoms with van der Waals surface area (Å²) in [5.41, 5.74) is 0.516. The van der Waals surface area contributed by atoms with Crippen LogP contribution in [0.3, 0.4) is 0 Å². The number of nitro benzene ring substituents is 1. The van der Waals surface area contributed by atoms with Crippen LogP contribution in [0.5, 0.6) is 5.75 Å². The standard InChI is InChI=1S/C29H34N4O7S/c1-4-5-18-30-29(35)22(2)31(20-23-10-9-11-26(19-23)40-3)28(34)21-32(24-14-16-25(17-15-24)33(36)37)41(38,39)27-12-7-6-8-13-27/h6-17,19,22H,4-5,18,20-21H2,1-3H3,(H,30,35)/t22-/m0/s1. The fraction of sp³-hybridized carbons (Fsp3) is 0.310. The SMILES string of the molecule is CCCCNC(=O)[C@H](C)N(Cc1cccc(OC)c1)C(=O)CN(c1ccc([N+](=O)[O-])cc1)S(=O)(=O)c1ccccc1. The Hall–Kier alpha value is -4.45. The molecule has 0 radical (unpaired) electrons. The number of nitrogens with one attached hydrogen (secondary N) is 1. The third-order valence-electron chi connectivity index (χ3n) is 6.44. The summed E-state index contributed by atoms with van der Waals surface area (Å²) in [6.07, 6.45) is 1.65. The molecule has 2 amide bonds. The van der Waals surface area contributed by atoms with Crippen molar-refractivity contribution >= 4 is 33.2 Å². The molecule has 0 aromatic heterocycles.